The summed E-state index contributed by atoms with van der Waals surface area (Å²) in [5, 5.41) is 11.4. The van der Waals surface area contributed by atoms with Crippen molar-refractivity contribution in [1.29, 1.82) is 5.41 Å². The van der Waals surface area contributed by atoms with E-state index in [-0.39, 0.29) is 11.7 Å². The highest BCUT2D eigenvalue weighted by atomic mass is 19.1. The van der Waals surface area contributed by atoms with Crippen LogP contribution in [0.4, 0.5) is 15.8 Å². The molecule has 0 bridgehead atoms. The average Bonchev–Trinajstić information content (AvgIpc) is 3.53. The third kappa shape index (κ3) is 4.88. The van der Waals surface area contributed by atoms with Crippen molar-refractivity contribution in [3.05, 3.63) is 94.9 Å². The summed E-state index contributed by atoms with van der Waals surface area (Å²) in [6.45, 7) is 1.96. The van der Waals surface area contributed by atoms with E-state index in [0.717, 1.165) is 36.9 Å². The van der Waals surface area contributed by atoms with Crippen molar-refractivity contribution >= 4 is 39.9 Å². The van der Waals surface area contributed by atoms with E-state index in [2.05, 4.69) is 5.32 Å². The van der Waals surface area contributed by atoms with Gasteiger partial charge in [0.25, 0.3) is 5.91 Å². The molecule has 37 heavy (non-hydrogen) atoms. The monoisotopic (exact) mass is 498 g/mol. The van der Waals surface area contributed by atoms with Crippen LogP contribution < -0.4 is 21.7 Å². The normalized spacial score (nSPS) is 13.2. The van der Waals surface area contributed by atoms with Gasteiger partial charge < -0.3 is 26.3 Å². The lowest BCUT2D eigenvalue weighted by atomic mass is 10.1. The summed E-state index contributed by atoms with van der Waals surface area (Å²) in [6, 6.07) is 18.6. The minimum absolute atomic E-state index is 0.0833. The summed E-state index contributed by atoms with van der Waals surface area (Å²) < 4.78 is 16.6. The summed E-state index contributed by atoms with van der Waals surface area (Å²) in [4.78, 5) is 26.9. The van der Waals surface area contributed by atoms with Gasteiger partial charge in [0.1, 0.15) is 17.3 Å². The molecule has 9 heteroatoms. The number of primary amides is 1. The Hall–Kier alpha value is -4.66. The zero-order valence-electron chi connectivity index (χ0n) is 20.1. The minimum Gasteiger partial charge on any atom is -0.384 e. The number of nitrogen functional groups attached to an aromatic ring is 1. The highest BCUT2D eigenvalue weighted by Crippen LogP contribution is 2.28. The van der Waals surface area contributed by atoms with Gasteiger partial charge in [-0.3, -0.25) is 15.0 Å². The lowest BCUT2D eigenvalue weighted by Gasteiger charge is -2.19. The van der Waals surface area contributed by atoms with Gasteiger partial charge in [-0.2, -0.15) is 0 Å². The van der Waals surface area contributed by atoms with E-state index >= 15 is 0 Å². The van der Waals surface area contributed by atoms with Gasteiger partial charge in [0.15, 0.2) is 0 Å². The lowest BCUT2D eigenvalue weighted by molar-refractivity contribution is 0.0997. The number of halogens is 1. The van der Waals surface area contributed by atoms with E-state index in [1.165, 1.54) is 6.07 Å². The molecule has 1 fully saturated rings. The molecule has 1 aliphatic rings. The number of nitrogens with zero attached hydrogens (tertiary/aromatic N) is 2. The molecule has 0 aliphatic carbocycles. The quantitative estimate of drug-likeness (QED) is 0.226. The number of nitrogens with one attached hydrogen (secondary N) is 2. The maximum Gasteiger partial charge on any atom is 0.272 e. The number of hydrogen-bond acceptors (Lipinski definition) is 4. The Morgan fingerprint density at radius 3 is 2.27 bits per heavy atom. The molecule has 3 aromatic carbocycles. The Kier molecular flexibility index (Phi) is 6.35. The molecular weight excluding hydrogens is 471 g/mol. The minimum atomic E-state index is -0.521. The van der Waals surface area contributed by atoms with Crippen LogP contribution in [-0.2, 0) is 6.54 Å². The molecule has 0 saturated carbocycles. The molecule has 4 aromatic rings. The predicted octanol–water partition coefficient (Wildman–Crippen LogP) is 4.06. The molecule has 0 atom stereocenters. The fraction of sp³-hybridized carbons (Fsp3) is 0.179. The summed E-state index contributed by atoms with van der Waals surface area (Å²) in [5.74, 6) is -1.38. The van der Waals surface area contributed by atoms with Crippen molar-refractivity contribution in [2.24, 2.45) is 11.5 Å². The second kappa shape index (κ2) is 9.77. The maximum atomic E-state index is 14.8. The smallest absolute Gasteiger partial charge is 0.272 e. The number of carbonyl (C=O) groups is 2. The van der Waals surface area contributed by atoms with Gasteiger partial charge >= 0.3 is 0 Å². The number of amidine groups is 1. The van der Waals surface area contributed by atoms with Crippen molar-refractivity contribution in [2.75, 3.05) is 23.3 Å². The van der Waals surface area contributed by atoms with Crippen LogP contribution >= 0.6 is 0 Å². The van der Waals surface area contributed by atoms with Crippen LogP contribution in [0.3, 0.4) is 0 Å². The number of anilines is 2. The molecule has 2 amide bonds. The van der Waals surface area contributed by atoms with Crippen LogP contribution in [0.5, 0.6) is 0 Å². The van der Waals surface area contributed by atoms with E-state index in [4.69, 9.17) is 16.9 Å². The van der Waals surface area contributed by atoms with Gasteiger partial charge in [0.05, 0.1) is 5.69 Å². The molecule has 1 saturated heterocycles. The van der Waals surface area contributed by atoms with Crippen LogP contribution in [0.25, 0.3) is 10.9 Å². The van der Waals surface area contributed by atoms with Crippen molar-refractivity contribution < 1.29 is 14.0 Å². The van der Waals surface area contributed by atoms with E-state index in [1.54, 1.807) is 60.7 Å². The van der Waals surface area contributed by atoms with E-state index < -0.39 is 11.8 Å². The third-order valence-electron chi connectivity index (χ3n) is 6.68. The van der Waals surface area contributed by atoms with Crippen molar-refractivity contribution in [3.8, 4) is 0 Å². The molecule has 6 N–H and O–H groups in total. The summed E-state index contributed by atoms with van der Waals surface area (Å²) in [7, 11) is 0. The van der Waals surface area contributed by atoms with Gasteiger partial charge in [0.2, 0.25) is 5.91 Å². The van der Waals surface area contributed by atoms with Crippen LogP contribution in [0.15, 0.2) is 66.7 Å². The standard InChI is InChI=1S/C28H27FN6O2/c29-22-15-21(9-10-23(22)34-11-1-2-12-34)33-28(37)25-13-19-7-8-20(26(30)31)14-24(19)35(25)16-17-3-5-18(6-4-17)27(32)36/h3-10,13-15H,1-2,11-12,16H2,(H3,30,31)(H2,32,36)(H,33,37). The molecule has 1 aliphatic heterocycles. The third-order valence-corrected chi connectivity index (χ3v) is 6.68. The SMILES string of the molecule is N=C(N)c1ccc2cc(C(=O)Nc3ccc(N4CCCC4)c(F)c3)n(Cc3ccc(C(N)=O)cc3)c2c1. The van der Waals surface area contributed by atoms with Crippen LogP contribution in [-0.4, -0.2) is 35.3 Å². The number of amides is 2. The first-order valence-electron chi connectivity index (χ1n) is 12.0. The van der Waals surface area contributed by atoms with E-state index in [1.807, 2.05) is 9.47 Å². The highest BCUT2D eigenvalue weighted by Gasteiger charge is 2.20. The van der Waals surface area contributed by atoms with Crippen molar-refractivity contribution in [2.45, 2.75) is 19.4 Å². The van der Waals surface area contributed by atoms with Gasteiger partial charge in [-0.15, -0.1) is 0 Å². The Labute approximate surface area is 213 Å². The van der Waals surface area contributed by atoms with E-state index in [9.17, 15) is 14.0 Å². The van der Waals surface area contributed by atoms with Gasteiger partial charge in [-0.05, 0) is 60.9 Å². The van der Waals surface area contributed by atoms with Crippen LogP contribution in [0, 0.1) is 11.2 Å². The molecule has 5 rings (SSSR count). The topological polar surface area (TPSA) is 130 Å². The number of nitrogens with two attached hydrogens (primary N) is 2. The zero-order valence-corrected chi connectivity index (χ0v) is 20.1. The molecule has 188 valence electrons. The lowest BCUT2D eigenvalue weighted by Crippen LogP contribution is -2.20. The molecule has 0 unspecified atom stereocenters. The number of aromatic nitrogens is 1. The highest BCUT2D eigenvalue weighted by molar-refractivity contribution is 6.07. The van der Waals surface area contributed by atoms with Crippen LogP contribution in [0.2, 0.25) is 0 Å². The first-order valence-corrected chi connectivity index (χ1v) is 12.0. The van der Waals surface area contributed by atoms with E-state index in [0.29, 0.717) is 40.3 Å². The fourth-order valence-corrected chi connectivity index (χ4v) is 4.73. The zero-order chi connectivity index (χ0) is 26.1. The van der Waals surface area contributed by atoms with Gasteiger partial charge in [-0.25, -0.2) is 4.39 Å². The Balaban J connectivity index is 1.49. The van der Waals surface area contributed by atoms with Crippen molar-refractivity contribution in [3.63, 3.8) is 0 Å². The maximum absolute atomic E-state index is 14.8. The Morgan fingerprint density at radius 1 is 0.919 bits per heavy atom. The number of carbonyl (C=O) groups excluding carboxylic acids is 2. The Morgan fingerprint density at radius 2 is 1.62 bits per heavy atom. The Bertz CT molecular complexity index is 1520. The number of benzene rings is 3. The van der Waals surface area contributed by atoms with Crippen LogP contribution in [0.1, 0.15) is 44.8 Å². The summed E-state index contributed by atoms with van der Waals surface area (Å²) in [6.07, 6.45) is 2.08. The molecular formula is C28H27FN6O2. The number of hydrogen-bond donors (Lipinski definition) is 4. The summed E-state index contributed by atoms with van der Waals surface area (Å²) >= 11 is 0. The second-order valence-corrected chi connectivity index (χ2v) is 9.18. The average molecular weight is 499 g/mol. The predicted molar refractivity (Wildman–Crippen MR) is 143 cm³/mol. The summed E-state index contributed by atoms with van der Waals surface area (Å²) in [5.41, 5.74) is 14.8. The molecule has 2 heterocycles. The first-order chi connectivity index (χ1) is 17.8. The van der Waals surface area contributed by atoms with Gasteiger partial charge in [-0.1, -0.05) is 24.3 Å². The fourth-order valence-electron chi connectivity index (χ4n) is 4.73. The van der Waals surface area contributed by atoms with Crippen molar-refractivity contribution in [1.82, 2.24) is 4.57 Å². The first kappa shape index (κ1) is 24.1. The largest absolute Gasteiger partial charge is 0.384 e. The molecule has 0 radical (unpaired) electrons. The molecule has 8 nitrogen and oxygen atoms in total. The second-order valence-electron chi connectivity index (χ2n) is 9.18. The number of fused-ring (bicyclic) bond motifs is 1. The molecule has 0 spiro atoms. The molecule has 1 aromatic heterocycles. The van der Waals surface area contributed by atoms with Gasteiger partial charge in [0, 0.05) is 47.4 Å². The number of rotatable bonds is 7.